The Bertz CT molecular complexity index is 1430. The maximum Gasteiger partial charge on any atom is 0.301 e. The first-order valence-corrected chi connectivity index (χ1v) is 10.9. The van der Waals surface area contributed by atoms with Crippen LogP contribution in [0.3, 0.4) is 0 Å². The van der Waals surface area contributed by atoms with Crippen molar-refractivity contribution in [1.29, 1.82) is 0 Å². The summed E-state index contributed by atoms with van der Waals surface area (Å²) in [6.07, 6.45) is 0. The monoisotopic (exact) mass is 460 g/mol. The number of halogens is 1. The SMILES string of the molecule is COc1cccc([C@@H]2C(=C(O)c3ccccc3)C(=O)C(=O)N2c2nc3ccc(F)cc3s2)c1. The van der Waals surface area contributed by atoms with Gasteiger partial charge in [0.25, 0.3) is 5.78 Å². The van der Waals surface area contributed by atoms with Gasteiger partial charge >= 0.3 is 5.91 Å². The number of aromatic nitrogens is 1. The third-order valence-corrected chi connectivity index (χ3v) is 6.46. The fraction of sp³-hybridized carbons (Fsp3) is 0.0800. The number of fused-ring (bicyclic) bond motifs is 1. The Balaban J connectivity index is 1.74. The second kappa shape index (κ2) is 8.14. The third-order valence-electron chi connectivity index (χ3n) is 5.45. The van der Waals surface area contributed by atoms with Gasteiger partial charge in [0.2, 0.25) is 0 Å². The summed E-state index contributed by atoms with van der Waals surface area (Å²) in [5.74, 6) is -1.82. The Labute approximate surface area is 192 Å². The molecule has 0 spiro atoms. The van der Waals surface area contributed by atoms with E-state index in [2.05, 4.69) is 4.98 Å². The van der Waals surface area contributed by atoms with Crippen molar-refractivity contribution in [2.45, 2.75) is 6.04 Å². The summed E-state index contributed by atoms with van der Waals surface area (Å²) in [6.45, 7) is 0. The molecule has 4 aromatic rings. The number of thiazole rings is 1. The summed E-state index contributed by atoms with van der Waals surface area (Å²) in [4.78, 5) is 32.1. The molecule has 1 aliphatic heterocycles. The van der Waals surface area contributed by atoms with E-state index >= 15 is 0 Å². The summed E-state index contributed by atoms with van der Waals surface area (Å²) in [5.41, 5.74) is 1.43. The van der Waals surface area contributed by atoms with Crippen LogP contribution in [0.5, 0.6) is 5.75 Å². The summed E-state index contributed by atoms with van der Waals surface area (Å²) >= 11 is 1.10. The smallest absolute Gasteiger partial charge is 0.301 e. The summed E-state index contributed by atoms with van der Waals surface area (Å²) in [6, 6.07) is 18.7. The van der Waals surface area contributed by atoms with E-state index in [1.165, 1.54) is 30.2 Å². The Morgan fingerprint density at radius 2 is 1.85 bits per heavy atom. The highest BCUT2D eigenvalue weighted by Crippen LogP contribution is 2.44. The number of benzene rings is 3. The average molecular weight is 460 g/mol. The Kier molecular flexibility index (Phi) is 5.14. The molecule has 1 saturated heterocycles. The van der Waals surface area contributed by atoms with Gasteiger partial charge in [-0.3, -0.25) is 14.5 Å². The van der Waals surface area contributed by atoms with Crippen molar-refractivity contribution < 1.29 is 23.8 Å². The minimum atomic E-state index is -0.939. The van der Waals surface area contributed by atoms with Crippen LogP contribution in [0.2, 0.25) is 0 Å². The van der Waals surface area contributed by atoms with E-state index in [1.807, 2.05) is 0 Å². The molecule has 0 radical (unpaired) electrons. The first-order valence-electron chi connectivity index (χ1n) is 10.0. The van der Waals surface area contributed by atoms with Gasteiger partial charge in [0.15, 0.2) is 5.13 Å². The number of carbonyl (C=O) groups is 2. The number of hydrogen-bond donors (Lipinski definition) is 1. The number of aliphatic hydroxyl groups excluding tert-OH is 1. The van der Waals surface area contributed by atoms with E-state index < -0.39 is 23.5 Å². The van der Waals surface area contributed by atoms with Crippen molar-refractivity contribution in [3.05, 3.63) is 95.3 Å². The van der Waals surface area contributed by atoms with Crippen LogP contribution in [-0.2, 0) is 9.59 Å². The molecule has 33 heavy (non-hydrogen) atoms. The van der Waals surface area contributed by atoms with Gasteiger partial charge in [0, 0.05) is 5.56 Å². The van der Waals surface area contributed by atoms with Crippen LogP contribution >= 0.6 is 11.3 Å². The molecular weight excluding hydrogens is 443 g/mol. The fourth-order valence-electron chi connectivity index (χ4n) is 3.90. The lowest BCUT2D eigenvalue weighted by Crippen LogP contribution is -2.29. The number of ether oxygens (including phenoxy) is 1. The summed E-state index contributed by atoms with van der Waals surface area (Å²) in [7, 11) is 1.52. The normalized spacial score (nSPS) is 17.6. The zero-order valence-corrected chi connectivity index (χ0v) is 18.2. The minimum absolute atomic E-state index is 0.0510. The van der Waals surface area contributed by atoms with Crippen LogP contribution in [0.15, 0.2) is 78.4 Å². The first-order chi connectivity index (χ1) is 16.0. The Morgan fingerprint density at radius 1 is 1.06 bits per heavy atom. The highest BCUT2D eigenvalue weighted by atomic mass is 32.1. The molecule has 0 unspecified atom stereocenters. The lowest BCUT2D eigenvalue weighted by Gasteiger charge is -2.23. The average Bonchev–Trinajstić information content (AvgIpc) is 3.37. The van der Waals surface area contributed by atoms with Crippen LogP contribution in [-0.4, -0.2) is 28.9 Å². The summed E-state index contributed by atoms with van der Waals surface area (Å²) in [5, 5.41) is 11.3. The molecule has 6 nitrogen and oxygen atoms in total. The maximum atomic E-state index is 13.7. The number of hydrogen-bond acceptors (Lipinski definition) is 6. The van der Waals surface area contributed by atoms with E-state index in [1.54, 1.807) is 54.6 Å². The van der Waals surface area contributed by atoms with Gasteiger partial charge in [-0.1, -0.05) is 53.8 Å². The molecular formula is C25H17FN2O4S. The van der Waals surface area contributed by atoms with Crippen molar-refractivity contribution >= 4 is 44.1 Å². The molecule has 5 rings (SSSR count). The van der Waals surface area contributed by atoms with Crippen LogP contribution < -0.4 is 9.64 Å². The highest BCUT2D eigenvalue weighted by Gasteiger charge is 2.48. The maximum absolute atomic E-state index is 13.7. The Morgan fingerprint density at radius 3 is 2.61 bits per heavy atom. The number of carbonyl (C=O) groups excluding carboxylic acids is 2. The Hall–Kier alpha value is -4.04. The number of ketones is 1. The summed E-state index contributed by atoms with van der Waals surface area (Å²) < 4.78 is 19.6. The van der Waals surface area contributed by atoms with Crippen molar-refractivity contribution in [2.75, 3.05) is 12.0 Å². The zero-order chi connectivity index (χ0) is 23.1. The fourth-order valence-corrected chi connectivity index (χ4v) is 4.91. The molecule has 0 saturated carbocycles. The number of aliphatic hydroxyl groups is 1. The second-order valence-corrected chi connectivity index (χ2v) is 8.43. The lowest BCUT2D eigenvalue weighted by atomic mass is 9.95. The van der Waals surface area contributed by atoms with Crippen LogP contribution in [0.4, 0.5) is 9.52 Å². The van der Waals surface area contributed by atoms with Crippen molar-refractivity contribution in [3.63, 3.8) is 0 Å². The van der Waals surface area contributed by atoms with Gasteiger partial charge in [-0.2, -0.15) is 0 Å². The third kappa shape index (κ3) is 3.54. The molecule has 1 atom stereocenters. The standard InChI is InChI=1S/C25H17FN2O4S/c1-32-17-9-5-8-15(12-17)21-20(22(29)14-6-3-2-4-7-14)23(30)24(31)28(21)25-27-18-11-10-16(26)13-19(18)33-25/h2-13,21,29H,1H3/t21-/m1/s1. The molecule has 1 amide bonds. The quantitative estimate of drug-likeness (QED) is 0.261. The predicted octanol–water partition coefficient (Wildman–Crippen LogP) is 5.07. The highest BCUT2D eigenvalue weighted by molar-refractivity contribution is 7.22. The van der Waals surface area contributed by atoms with E-state index in [-0.39, 0.29) is 16.5 Å². The molecule has 1 fully saturated rings. The molecule has 0 bridgehead atoms. The molecule has 1 N–H and O–H groups in total. The molecule has 0 aliphatic carbocycles. The number of rotatable bonds is 4. The van der Waals surface area contributed by atoms with E-state index in [4.69, 9.17) is 4.74 Å². The zero-order valence-electron chi connectivity index (χ0n) is 17.4. The minimum Gasteiger partial charge on any atom is -0.507 e. The molecule has 3 aromatic carbocycles. The van der Waals surface area contributed by atoms with Crippen LogP contribution in [0, 0.1) is 5.82 Å². The van der Waals surface area contributed by atoms with Crippen molar-refractivity contribution in [2.24, 2.45) is 0 Å². The lowest BCUT2D eigenvalue weighted by molar-refractivity contribution is -0.132. The molecule has 164 valence electrons. The first kappa shape index (κ1) is 20.8. The molecule has 1 aromatic heterocycles. The van der Waals surface area contributed by atoms with Gasteiger partial charge in [0.1, 0.15) is 17.3 Å². The van der Waals surface area contributed by atoms with Gasteiger partial charge in [-0.25, -0.2) is 9.37 Å². The van der Waals surface area contributed by atoms with Gasteiger partial charge in [-0.05, 0) is 35.9 Å². The van der Waals surface area contributed by atoms with E-state index in [9.17, 15) is 19.1 Å². The number of anilines is 1. The number of methoxy groups -OCH3 is 1. The largest absolute Gasteiger partial charge is 0.507 e. The molecule has 2 heterocycles. The van der Waals surface area contributed by atoms with E-state index in [0.717, 1.165) is 11.3 Å². The van der Waals surface area contributed by atoms with E-state index in [0.29, 0.717) is 27.1 Å². The van der Waals surface area contributed by atoms with Gasteiger partial charge in [0.05, 0.1) is 28.9 Å². The topological polar surface area (TPSA) is 79.7 Å². The van der Waals surface area contributed by atoms with Gasteiger partial charge in [-0.15, -0.1) is 0 Å². The number of nitrogens with zero attached hydrogens (tertiary/aromatic N) is 2. The second-order valence-electron chi connectivity index (χ2n) is 7.42. The van der Waals surface area contributed by atoms with Crippen LogP contribution in [0.25, 0.3) is 16.0 Å². The van der Waals surface area contributed by atoms with Crippen molar-refractivity contribution in [3.8, 4) is 5.75 Å². The molecule has 8 heteroatoms. The molecule has 1 aliphatic rings. The number of amides is 1. The van der Waals surface area contributed by atoms with Crippen LogP contribution in [0.1, 0.15) is 17.2 Å². The number of Topliss-reactive ketones (excluding diaryl/α,β-unsaturated/α-hetero) is 1. The van der Waals surface area contributed by atoms with Crippen molar-refractivity contribution in [1.82, 2.24) is 4.98 Å². The van der Waals surface area contributed by atoms with Gasteiger partial charge < -0.3 is 9.84 Å². The predicted molar refractivity (Wildman–Crippen MR) is 124 cm³/mol.